The Bertz CT molecular complexity index is 303. The van der Waals surface area contributed by atoms with Gasteiger partial charge in [0.1, 0.15) is 6.04 Å². The lowest BCUT2D eigenvalue weighted by Crippen LogP contribution is -2.48. The number of carbonyl (C=O) groups is 2. The molecule has 0 aromatic rings. The largest absolute Gasteiger partial charge is 0.480 e. The van der Waals surface area contributed by atoms with E-state index in [9.17, 15) is 9.59 Å². The molecular formula is C13H22N2O3. The molecule has 2 N–H and O–H groups in total. The Morgan fingerprint density at radius 1 is 1.28 bits per heavy atom. The first-order valence-electron chi connectivity index (χ1n) is 5.92. The van der Waals surface area contributed by atoms with Gasteiger partial charge in [-0.3, -0.25) is 0 Å². The summed E-state index contributed by atoms with van der Waals surface area (Å²) < 4.78 is 0. The lowest BCUT2D eigenvalue weighted by atomic mass is 10.0. The third-order valence-corrected chi connectivity index (χ3v) is 2.29. The molecule has 0 aromatic heterocycles. The molecule has 0 unspecified atom stereocenters. The molecule has 18 heavy (non-hydrogen) atoms. The van der Waals surface area contributed by atoms with Crippen molar-refractivity contribution < 1.29 is 14.7 Å². The zero-order valence-electron chi connectivity index (χ0n) is 11.1. The van der Waals surface area contributed by atoms with Crippen LogP contribution in [0.2, 0.25) is 0 Å². The number of carboxylic acid groups (broad SMARTS) is 1. The van der Waals surface area contributed by atoms with Crippen molar-refractivity contribution in [1.29, 1.82) is 0 Å². The highest BCUT2D eigenvalue weighted by Crippen LogP contribution is 2.05. The number of nitrogens with zero attached hydrogens (tertiary/aromatic N) is 1. The van der Waals surface area contributed by atoms with E-state index in [1.165, 1.54) is 4.90 Å². The molecular weight excluding hydrogens is 232 g/mol. The number of amides is 2. The third-order valence-electron chi connectivity index (χ3n) is 2.29. The molecule has 1 atom stereocenters. The number of carboxylic acids is 1. The van der Waals surface area contributed by atoms with Crippen LogP contribution in [0.15, 0.2) is 25.3 Å². The average Bonchev–Trinajstić information content (AvgIpc) is 2.27. The van der Waals surface area contributed by atoms with Crippen LogP contribution in [0.3, 0.4) is 0 Å². The summed E-state index contributed by atoms with van der Waals surface area (Å²) in [5.74, 6) is -0.826. The van der Waals surface area contributed by atoms with E-state index in [-0.39, 0.29) is 5.92 Å². The van der Waals surface area contributed by atoms with Crippen LogP contribution >= 0.6 is 0 Å². The van der Waals surface area contributed by atoms with E-state index in [4.69, 9.17) is 5.11 Å². The number of hydrogen-bond donors (Lipinski definition) is 2. The van der Waals surface area contributed by atoms with Crippen molar-refractivity contribution in [1.82, 2.24) is 10.2 Å². The van der Waals surface area contributed by atoms with Gasteiger partial charge in [0.2, 0.25) is 0 Å². The van der Waals surface area contributed by atoms with Crippen LogP contribution in [-0.4, -0.2) is 41.1 Å². The van der Waals surface area contributed by atoms with E-state index in [0.717, 1.165) is 0 Å². The fraction of sp³-hybridized carbons (Fsp3) is 0.538. The maximum absolute atomic E-state index is 11.9. The highest BCUT2D eigenvalue weighted by atomic mass is 16.4. The van der Waals surface area contributed by atoms with Gasteiger partial charge in [-0.15, -0.1) is 13.2 Å². The number of carbonyl (C=O) groups excluding carboxylic acids is 1. The van der Waals surface area contributed by atoms with Crippen LogP contribution in [0.4, 0.5) is 4.79 Å². The second-order valence-corrected chi connectivity index (χ2v) is 4.45. The van der Waals surface area contributed by atoms with Crippen LogP contribution in [0.1, 0.15) is 20.3 Å². The Kier molecular flexibility index (Phi) is 7.51. The molecule has 0 heterocycles. The third kappa shape index (κ3) is 6.08. The molecule has 102 valence electrons. The first-order chi connectivity index (χ1) is 8.42. The van der Waals surface area contributed by atoms with Crippen molar-refractivity contribution in [2.24, 2.45) is 5.92 Å². The predicted molar refractivity (Wildman–Crippen MR) is 71.4 cm³/mol. The highest BCUT2D eigenvalue weighted by Gasteiger charge is 2.23. The van der Waals surface area contributed by atoms with Crippen molar-refractivity contribution in [3.8, 4) is 0 Å². The predicted octanol–water partition coefficient (Wildman–Crippen LogP) is 1.87. The van der Waals surface area contributed by atoms with Gasteiger partial charge in [-0.25, -0.2) is 9.59 Å². The summed E-state index contributed by atoms with van der Waals surface area (Å²) in [4.78, 5) is 24.4. The quantitative estimate of drug-likeness (QED) is 0.650. The normalized spacial score (nSPS) is 11.7. The second kappa shape index (κ2) is 8.33. The maximum atomic E-state index is 11.9. The van der Waals surface area contributed by atoms with Crippen LogP contribution in [0, 0.1) is 5.92 Å². The Hall–Kier alpha value is -1.78. The van der Waals surface area contributed by atoms with Crippen molar-refractivity contribution in [2.75, 3.05) is 13.1 Å². The Labute approximate surface area is 108 Å². The number of rotatable bonds is 8. The van der Waals surface area contributed by atoms with Crippen LogP contribution in [0.25, 0.3) is 0 Å². The minimum atomic E-state index is -1.02. The molecule has 0 aliphatic carbocycles. The fourth-order valence-corrected chi connectivity index (χ4v) is 1.49. The molecule has 0 aliphatic rings. The van der Waals surface area contributed by atoms with Crippen molar-refractivity contribution in [2.45, 2.75) is 26.3 Å². The van der Waals surface area contributed by atoms with Gasteiger partial charge in [-0.05, 0) is 12.3 Å². The monoisotopic (exact) mass is 254 g/mol. The summed E-state index contributed by atoms with van der Waals surface area (Å²) in [6, 6.07) is -1.28. The summed E-state index contributed by atoms with van der Waals surface area (Å²) >= 11 is 0. The molecule has 0 saturated heterocycles. The summed E-state index contributed by atoms with van der Waals surface area (Å²) in [7, 11) is 0. The smallest absolute Gasteiger partial charge is 0.326 e. The Morgan fingerprint density at radius 2 is 1.78 bits per heavy atom. The maximum Gasteiger partial charge on any atom is 0.326 e. The number of hydrogen-bond acceptors (Lipinski definition) is 2. The lowest BCUT2D eigenvalue weighted by molar-refractivity contribution is -0.139. The lowest BCUT2D eigenvalue weighted by Gasteiger charge is -2.23. The molecule has 5 nitrogen and oxygen atoms in total. The molecule has 0 spiro atoms. The SMILES string of the molecule is C=CCN(CC=C)C(=O)N[C@@H](CC(C)C)C(=O)O. The van der Waals surface area contributed by atoms with Gasteiger partial charge in [-0.1, -0.05) is 26.0 Å². The van der Waals surface area contributed by atoms with Crippen LogP contribution < -0.4 is 5.32 Å². The molecule has 5 heteroatoms. The summed E-state index contributed by atoms with van der Waals surface area (Å²) in [5, 5.41) is 11.5. The molecule has 0 radical (unpaired) electrons. The molecule has 0 saturated carbocycles. The van der Waals surface area contributed by atoms with Gasteiger partial charge < -0.3 is 15.3 Å². The first-order valence-corrected chi connectivity index (χ1v) is 5.92. The summed E-state index contributed by atoms with van der Waals surface area (Å²) in [5.41, 5.74) is 0. The fourth-order valence-electron chi connectivity index (χ4n) is 1.49. The van der Waals surface area contributed by atoms with Gasteiger partial charge in [0, 0.05) is 13.1 Å². The molecule has 0 bridgehead atoms. The van der Waals surface area contributed by atoms with E-state index in [1.807, 2.05) is 13.8 Å². The van der Waals surface area contributed by atoms with Crippen LogP contribution in [-0.2, 0) is 4.79 Å². The molecule has 0 rings (SSSR count). The zero-order valence-corrected chi connectivity index (χ0v) is 11.1. The van der Waals surface area contributed by atoms with Gasteiger partial charge in [0.05, 0.1) is 0 Å². The summed E-state index contributed by atoms with van der Waals surface area (Å²) in [6.07, 6.45) is 3.57. The number of nitrogens with one attached hydrogen (secondary N) is 1. The molecule has 0 fully saturated rings. The van der Waals surface area contributed by atoms with E-state index in [2.05, 4.69) is 18.5 Å². The van der Waals surface area contributed by atoms with E-state index >= 15 is 0 Å². The highest BCUT2D eigenvalue weighted by molar-refractivity contribution is 5.82. The van der Waals surface area contributed by atoms with Crippen molar-refractivity contribution in [3.05, 3.63) is 25.3 Å². The first kappa shape index (κ1) is 16.2. The van der Waals surface area contributed by atoms with E-state index in [1.54, 1.807) is 12.2 Å². The Balaban J connectivity index is 4.58. The number of aliphatic carboxylic acids is 1. The standard InChI is InChI=1S/C13H22N2O3/c1-5-7-15(8-6-2)13(18)14-11(12(16)17)9-10(3)4/h5-6,10-11H,1-2,7-9H2,3-4H3,(H,14,18)(H,16,17)/t11-/m0/s1. The van der Waals surface area contributed by atoms with Crippen molar-refractivity contribution in [3.63, 3.8) is 0 Å². The second-order valence-electron chi connectivity index (χ2n) is 4.45. The number of urea groups is 1. The minimum Gasteiger partial charge on any atom is -0.480 e. The van der Waals surface area contributed by atoms with Gasteiger partial charge in [0.15, 0.2) is 0 Å². The Morgan fingerprint density at radius 3 is 2.11 bits per heavy atom. The molecule has 2 amide bonds. The molecule has 0 aromatic carbocycles. The summed E-state index contributed by atoms with van der Waals surface area (Å²) in [6.45, 7) is 11.6. The molecule has 0 aliphatic heterocycles. The average molecular weight is 254 g/mol. The zero-order chi connectivity index (χ0) is 14.1. The van der Waals surface area contributed by atoms with E-state index in [0.29, 0.717) is 19.5 Å². The topological polar surface area (TPSA) is 69.6 Å². The van der Waals surface area contributed by atoms with Gasteiger partial charge >= 0.3 is 12.0 Å². The van der Waals surface area contributed by atoms with Gasteiger partial charge in [-0.2, -0.15) is 0 Å². The van der Waals surface area contributed by atoms with Crippen LogP contribution in [0.5, 0.6) is 0 Å². The minimum absolute atomic E-state index is 0.193. The van der Waals surface area contributed by atoms with Gasteiger partial charge in [0.25, 0.3) is 0 Å². The van der Waals surface area contributed by atoms with Crippen molar-refractivity contribution >= 4 is 12.0 Å². The van der Waals surface area contributed by atoms with E-state index < -0.39 is 18.0 Å².